The van der Waals surface area contributed by atoms with E-state index in [0.717, 1.165) is 66.0 Å². The molecule has 1 fully saturated rings. The maximum atomic E-state index is 15.2. The van der Waals surface area contributed by atoms with Crippen LogP contribution in [0.15, 0.2) is 130 Å². The number of rotatable bonds is 24. The van der Waals surface area contributed by atoms with Gasteiger partial charge in [0.1, 0.15) is 87.8 Å². The number of aromatic nitrogens is 3. The average Bonchev–Trinajstić information content (AvgIpc) is 1.50. The van der Waals surface area contributed by atoms with Crippen LogP contribution in [0.4, 0.5) is 109 Å². The molecule has 25 nitrogen and oxygen atoms in total. The summed E-state index contributed by atoms with van der Waals surface area (Å²) >= 11 is 0. The Morgan fingerprint density at radius 3 is 1.16 bits per heavy atom. The normalized spacial score (nSPS) is 15.3. The lowest BCUT2D eigenvalue weighted by molar-refractivity contribution is -0.167. The molecule has 0 bridgehead atoms. The molecule has 7 aromatic carbocycles. The number of hydrogen-bond donors (Lipinski definition) is 5. The van der Waals surface area contributed by atoms with Crippen LogP contribution < -0.4 is 48.2 Å². The molecule has 0 radical (unpaired) electrons. The van der Waals surface area contributed by atoms with Gasteiger partial charge in [0.05, 0.1) is 102 Å². The van der Waals surface area contributed by atoms with Gasteiger partial charge < -0.3 is 78.3 Å². The van der Waals surface area contributed by atoms with Crippen molar-refractivity contribution in [3.63, 3.8) is 0 Å². The smallest absolute Gasteiger partial charge is 0.417 e. The predicted octanol–water partition coefficient (Wildman–Crippen LogP) is 16.3. The van der Waals surface area contributed by atoms with E-state index in [1.807, 2.05) is 34.9 Å². The van der Waals surface area contributed by atoms with E-state index < -0.39 is 218 Å². The Balaban J connectivity index is 0.000000189. The molecular weight excluding hydrogens is 1920 g/mol. The van der Waals surface area contributed by atoms with Crippen molar-refractivity contribution in [3.8, 4) is 33.4 Å². The Hall–Kier alpha value is -13.8. The van der Waals surface area contributed by atoms with E-state index in [1.165, 1.54) is 59.1 Å². The number of carbonyl (C=O) groups is 6. The van der Waals surface area contributed by atoms with E-state index in [4.69, 9.17) is 33.2 Å². The zero-order valence-electron chi connectivity index (χ0n) is 75.9. The third-order valence-corrected chi connectivity index (χ3v) is 24.3. The number of morpholine rings is 1. The van der Waals surface area contributed by atoms with Gasteiger partial charge in [-0.25, -0.2) is 40.7 Å². The molecule has 0 spiro atoms. The highest BCUT2D eigenvalue weighted by Gasteiger charge is 2.48. The molecule has 3 amide bonds. The number of alkyl halides is 15. The zero-order chi connectivity index (χ0) is 104. The van der Waals surface area contributed by atoms with Gasteiger partial charge in [0.2, 0.25) is 0 Å². The number of anilines is 3. The summed E-state index contributed by atoms with van der Waals surface area (Å²) in [5.41, 5.74) is -4.80. The van der Waals surface area contributed by atoms with Crippen LogP contribution in [-0.2, 0) is 140 Å². The Kier molecular flexibility index (Phi) is 31.9. The summed E-state index contributed by atoms with van der Waals surface area (Å²) in [6.07, 6.45) is -25.2. The van der Waals surface area contributed by atoms with Crippen LogP contribution >= 0.6 is 0 Å². The van der Waals surface area contributed by atoms with Gasteiger partial charge in [-0.05, 0) is 160 Å². The van der Waals surface area contributed by atoms with Gasteiger partial charge in [0, 0.05) is 81.0 Å². The fourth-order valence-electron chi connectivity index (χ4n) is 16.7. The van der Waals surface area contributed by atoms with Gasteiger partial charge in [-0.15, -0.1) is 0 Å². The van der Waals surface area contributed by atoms with Gasteiger partial charge in [0.25, 0.3) is 34.4 Å². The van der Waals surface area contributed by atoms with Gasteiger partial charge >= 0.3 is 48.8 Å². The Morgan fingerprint density at radius 2 is 0.794 bits per heavy atom. The maximum Gasteiger partial charge on any atom is 0.417 e. The highest BCUT2D eigenvalue weighted by Crippen LogP contribution is 2.45. The molecule has 3 aromatic heterocycles. The zero-order valence-corrected chi connectivity index (χ0v) is 75.9. The van der Waals surface area contributed by atoms with Crippen molar-refractivity contribution >= 4 is 63.6 Å². The largest absolute Gasteiger partial charge is 0.467 e. The van der Waals surface area contributed by atoms with Crippen molar-refractivity contribution < 1.29 is 154 Å². The van der Waals surface area contributed by atoms with Crippen LogP contribution in [0.1, 0.15) is 124 Å². The van der Waals surface area contributed by atoms with Crippen molar-refractivity contribution in [2.75, 3.05) is 56.6 Å². The van der Waals surface area contributed by atoms with E-state index in [-0.39, 0.29) is 111 Å². The second kappa shape index (κ2) is 42.3. The number of nitrogens with one attached hydrogen (secondary N) is 5. The van der Waals surface area contributed by atoms with Crippen molar-refractivity contribution in [1.82, 2.24) is 29.7 Å². The number of benzene rings is 7. The van der Waals surface area contributed by atoms with Gasteiger partial charge in [-0.1, -0.05) is 61.5 Å². The van der Waals surface area contributed by atoms with E-state index in [2.05, 4.69) is 16.0 Å². The minimum atomic E-state index is -4.87. The molecule has 6 atom stereocenters. The van der Waals surface area contributed by atoms with Crippen molar-refractivity contribution in [2.24, 2.45) is 21.1 Å². The fourth-order valence-corrected chi connectivity index (χ4v) is 16.7. The second-order valence-electron chi connectivity index (χ2n) is 33.1. The number of aryl methyl sites for hydroxylation is 3. The molecular formula is C95H86F21N9O16. The van der Waals surface area contributed by atoms with Gasteiger partial charge in [-0.2, -0.15) is 65.9 Å². The number of para-hydroxylation sites is 1. The van der Waals surface area contributed by atoms with Crippen molar-refractivity contribution in [1.29, 1.82) is 0 Å². The molecule has 5 N–H and O–H groups in total. The van der Waals surface area contributed by atoms with Gasteiger partial charge in [-0.3, -0.25) is 28.8 Å². The summed E-state index contributed by atoms with van der Waals surface area (Å²) in [5.74, 6) is -16.0. The Bertz CT molecular complexity index is 6680. The third-order valence-electron chi connectivity index (χ3n) is 24.3. The third kappa shape index (κ3) is 23.0. The molecule has 14 rings (SSSR count). The average molecular weight is 2010 g/mol. The number of fused-ring (bicyclic) bond motifs is 4. The first-order valence-corrected chi connectivity index (χ1v) is 42.6. The van der Waals surface area contributed by atoms with Crippen LogP contribution in [0.2, 0.25) is 0 Å². The lowest BCUT2D eigenvalue weighted by atomic mass is 9.89. The molecule has 754 valence electrons. The SMILES string of the molecule is CC[C@@H](Nc1cc(F)c(C(=O)N[C@@H](Cc2ccc(-c3cc4ccccc4n(C)c3=O)c3c2COC3)C(=O)OC)c(F)c1)C(F)(F)F.COC(=O)[C@H](Cc1ccc(-c2c(C(F)(F)F)cc(C)n(C)c2=O)c2c1COC2)NC(=O)c1c(F)cc(N2CCOC[C@@H]2C(F)(F)F)cc1F.COC(=O)[C@H](Cc1ccc(-c2c(C(F)(F)F)cc(C)n(C)c2=O)c2c1COC2)NC(=O)c1c(F)cc(N[C@H](C)C(F)(F)F)cc1F. The first-order chi connectivity index (χ1) is 66.1. The van der Waals surface area contributed by atoms with Crippen LogP contribution in [0.5, 0.6) is 0 Å². The van der Waals surface area contributed by atoms with Crippen LogP contribution in [0.25, 0.3) is 44.3 Å². The summed E-state index contributed by atoms with van der Waals surface area (Å²) < 4.78 is 332. The van der Waals surface area contributed by atoms with Crippen molar-refractivity contribution in [2.45, 2.75) is 160 Å². The molecule has 0 aliphatic carbocycles. The highest BCUT2D eigenvalue weighted by atomic mass is 19.4. The molecule has 4 aliphatic rings. The quantitative estimate of drug-likeness (QED) is 0.0213. The van der Waals surface area contributed by atoms with Gasteiger partial charge in [0.15, 0.2) is 0 Å². The first kappa shape index (κ1) is 106. The number of methoxy groups -OCH3 is 3. The number of hydrogen-bond acceptors (Lipinski definition) is 19. The standard InChI is InChI=1S/C33H30F5N3O5.C32H29F8N3O6.C30H27F8N3O5/c1-4-28(33(36,37)38)39-19-13-24(34)29(25(35)14-19)30(42)40-26(32(44)45-3)12-17-9-10-20(23-16-46-15-22(17)23)21-11-18-7-5-6-8-27(18)41(2)31(21)43;1-15-8-21(31(35,36)37)26(29(45)42(15)2)18-5-4-16(19-12-49-13-20(18)19)9-24(30(46)47-3)41-28(44)27-22(33)10-17(11-23(27)34)43-6-7-48-14-25(43)32(38,39)40;1-13-7-20(30(36,37)38)24(27(43)41(13)3)17-6-5-15(18-11-46-12-19(17)18)8-23(28(44)45-4)40-26(42)25-21(31)9-16(10-22(25)32)39-14(2)29(33,34)35/h5-11,13-14,26,28,39H,4,12,15-16H2,1-3H3,(H,40,42);4-5,8,10-11,24-25H,6-7,9,12-14H2,1-3H3,(H,41,44);5-7,9-10,14,23,39H,8,11-12H2,1-4H3,(H,40,42)/t26-,28+;24-,25+;14-,23+/m001/s1. The number of amides is 3. The number of halogens is 21. The van der Waals surface area contributed by atoms with E-state index in [9.17, 15) is 127 Å². The van der Waals surface area contributed by atoms with Crippen LogP contribution in [-0.4, -0.2) is 145 Å². The topological polar surface area (TPSA) is 296 Å². The number of pyridine rings is 3. The molecule has 4 aliphatic heterocycles. The van der Waals surface area contributed by atoms with E-state index in [0.29, 0.717) is 85.8 Å². The van der Waals surface area contributed by atoms with E-state index >= 15 is 8.78 Å². The lowest BCUT2D eigenvalue weighted by Crippen LogP contribution is -2.53. The summed E-state index contributed by atoms with van der Waals surface area (Å²) in [4.78, 5) is 117. The summed E-state index contributed by atoms with van der Waals surface area (Å²) in [6, 6.07) is 11.9. The summed E-state index contributed by atoms with van der Waals surface area (Å²) in [7, 11) is 7.39. The molecule has 0 unspecified atom stereocenters. The molecule has 10 aromatic rings. The summed E-state index contributed by atoms with van der Waals surface area (Å²) in [5, 5.41) is 11.4. The number of ether oxygens (including phenoxy) is 7. The molecule has 141 heavy (non-hydrogen) atoms. The number of nitrogens with zero attached hydrogens (tertiary/aromatic N) is 4. The Morgan fingerprint density at radius 1 is 0.433 bits per heavy atom. The highest BCUT2D eigenvalue weighted by molar-refractivity contribution is 6.00. The number of carbonyl (C=O) groups excluding carboxylic acids is 6. The Labute approximate surface area is 786 Å². The second-order valence-corrected chi connectivity index (χ2v) is 33.1. The van der Waals surface area contributed by atoms with Crippen molar-refractivity contribution in [3.05, 3.63) is 271 Å². The minimum Gasteiger partial charge on any atom is -0.467 e. The summed E-state index contributed by atoms with van der Waals surface area (Å²) in [6.45, 7) is 3.20. The maximum absolute atomic E-state index is 15.2. The number of esters is 3. The van der Waals surface area contributed by atoms with Crippen LogP contribution in [0, 0.1) is 48.8 Å². The van der Waals surface area contributed by atoms with Crippen LogP contribution in [0.3, 0.4) is 0 Å². The minimum absolute atomic E-state index is 0.0412. The molecule has 1 saturated heterocycles. The lowest BCUT2D eigenvalue weighted by Gasteiger charge is -2.38. The first-order valence-electron chi connectivity index (χ1n) is 42.6. The fraction of sp³-hybridized carbons (Fsp3) is 0.358. The van der Waals surface area contributed by atoms with E-state index in [1.54, 1.807) is 29.8 Å². The molecule has 7 heterocycles. The molecule has 0 saturated carbocycles. The molecule has 46 heteroatoms. The monoisotopic (exact) mass is 2010 g/mol. The predicted molar refractivity (Wildman–Crippen MR) is 465 cm³/mol.